The molecule has 0 aliphatic carbocycles. The third-order valence-electron chi connectivity index (χ3n) is 4.57. The van der Waals surface area contributed by atoms with Crippen molar-refractivity contribution in [2.24, 2.45) is 0 Å². The summed E-state index contributed by atoms with van der Waals surface area (Å²) in [6.07, 6.45) is 1.43. The van der Waals surface area contributed by atoms with Crippen LogP contribution < -0.4 is 10.6 Å². The lowest BCUT2D eigenvalue weighted by molar-refractivity contribution is -0.120. The van der Waals surface area contributed by atoms with Gasteiger partial charge in [0.25, 0.3) is 0 Å². The number of halogens is 1. The van der Waals surface area contributed by atoms with E-state index in [9.17, 15) is 14.0 Å². The van der Waals surface area contributed by atoms with Gasteiger partial charge in [0.15, 0.2) is 0 Å². The lowest BCUT2D eigenvalue weighted by Crippen LogP contribution is -2.38. The molecule has 6 heteroatoms. The zero-order chi connectivity index (χ0) is 19.2. The summed E-state index contributed by atoms with van der Waals surface area (Å²) in [6, 6.07) is 13.8. The Bertz CT molecular complexity index is 807. The maximum Gasteiger partial charge on any atom is 0.228 e. The number of rotatable bonds is 5. The molecule has 0 radical (unpaired) electrons. The third kappa shape index (κ3) is 5.37. The largest absolute Gasteiger partial charge is 0.373 e. The minimum Gasteiger partial charge on any atom is -0.373 e. The van der Waals surface area contributed by atoms with E-state index in [0.29, 0.717) is 17.9 Å². The highest BCUT2D eigenvalue weighted by molar-refractivity contribution is 5.92. The maximum atomic E-state index is 13.6. The Kier molecular flexibility index (Phi) is 6.19. The standard InChI is InChI=1S/C21H23FN2O3/c1-14(25)23-18-10-11-27-20(13-18)15-6-8-17(9-7-15)24-21(26)12-16-4-2-3-5-19(16)22/h2-9,18,20H,10-13H2,1H3,(H,23,25)(H,24,26)/t18-,20+/m1/s1. The van der Waals surface area contributed by atoms with Gasteiger partial charge in [0.2, 0.25) is 11.8 Å². The Hall–Kier alpha value is -2.73. The molecule has 0 aromatic heterocycles. The molecule has 2 aromatic rings. The number of nitrogens with one attached hydrogen (secondary N) is 2. The van der Waals surface area contributed by atoms with Gasteiger partial charge in [0.1, 0.15) is 5.82 Å². The SMILES string of the molecule is CC(=O)N[C@@H]1CCO[C@H](c2ccc(NC(=O)Cc3ccccc3F)cc2)C1. The van der Waals surface area contributed by atoms with Gasteiger partial charge in [0.05, 0.1) is 12.5 Å². The van der Waals surface area contributed by atoms with Crippen LogP contribution in [0.15, 0.2) is 48.5 Å². The Morgan fingerprint density at radius 3 is 2.59 bits per heavy atom. The summed E-state index contributed by atoms with van der Waals surface area (Å²) < 4.78 is 19.4. The highest BCUT2D eigenvalue weighted by Gasteiger charge is 2.24. The van der Waals surface area contributed by atoms with Crippen molar-refractivity contribution in [3.05, 3.63) is 65.5 Å². The molecule has 1 aliphatic rings. The topological polar surface area (TPSA) is 67.4 Å². The summed E-state index contributed by atoms with van der Waals surface area (Å²) in [5.74, 6) is -0.688. The van der Waals surface area contributed by atoms with Crippen LogP contribution in [0.4, 0.5) is 10.1 Å². The van der Waals surface area contributed by atoms with Gasteiger partial charge in [0, 0.05) is 25.3 Å². The van der Waals surface area contributed by atoms with Crippen molar-refractivity contribution in [1.29, 1.82) is 0 Å². The molecule has 2 aromatic carbocycles. The second-order valence-electron chi connectivity index (χ2n) is 6.72. The fraction of sp³-hybridized carbons (Fsp3) is 0.333. The number of ether oxygens (including phenoxy) is 1. The van der Waals surface area contributed by atoms with Gasteiger partial charge in [-0.05, 0) is 42.2 Å². The van der Waals surface area contributed by atoms with E-state index in [1.54, 1.807) is 30.3 Å². The number of carbonyl (C=O) groups excluding carboxylic acids is 2. The monoisotopic (exact) mass is 370 g/mol. The zero-order valence-electron chi connectivity index (χ0n) is 15.2. The van der Waals surface area contributed by atoms with Gasteiger partial charge in [-0.25, -0.2) is 4.39 Å². The average molecular weight is 370 g/mol. The van der Waals surface area contributed by atoms with Crippen molar-refractivity contribution in [2.45, 2.75) is 38.3 Å². The average Bonchev–Trinajstić information content (AvgIpc) is 2.64. The predicted octanol–water partition coefficient (Wildman–Crippen LogP) is 3.36. The zero-order valence-corrected chi connectivity index (χ0v) is 15.2. The molecule has 1 saturated heterocycles. The summed E-state index contributed by atoms with van der Waals surface area (Å²) in [5, 5.41) is 5.72. The van der Waals surface area contributed by atoms with Gasteiger partial charge in [-0.15, -0.1) is 0 Å². The molecule has 0 saturated carbocycles. The van der Waals surface area contributed by atoms with Crippen LogP contribution in [0.25, 0.3) is 0 Å². The lowest BCUT2D eigenvalue weighted by Gasteiger charge is -2.30. The van der Waals surface area contributed by atoms with Crippen LogP contribution in [0.1, 0.15) is 37.0 Å². The molecule has 3 rings (SSSR count). The molecule has 1 heterocycles. The van der Waals surface area contributed by atoms with Crippen molar-refractivity contribution in [1.82, 2.24) is 5.32 Å². The van der Waals surface area contributed by atoms with Crippen molar-refractivity contribution < 1.29 is 18.7 Å². The molecule has 0 bridgehead atoms. The minimum absolute atomic E-state index is 0.0153. The summed E-state index contributed by atoms with van der Waals surface area (Å²) in [5.41, 5.74) is 2.01. The smallest absolute Gasteiger partial charge is 0.228 e. The lowest BCUT2D eigenvalue weighted by atomic mass is 9.97. The molecule has 27 heavy (non-hydrogen) atoms. The van der Waals surface area contributed by atoms with Gasteiger partial charge in [-0.3, -0.25) is 9.59 Å². The van der Waals surface area contributed by atoms with E-state index in [1.165, 1.54) is 13.0 Å². The van der Waals surface area contributed by atoms with E-state index in [2.05, 4.69) is 10.6 Å². The molecule has 0 spiro atoms. The van der Waals surface area contributed by atoms with E-state index < -0.39 is 0 Å². The minimum atomic E-state index is -0.383. The molecule has 5 nitrogen and oxygen atoms in total. The van der Waals surface area contributed by atoms with Crippen molar-refractivity contribution in [2.75, 3.05) is 11.9 Å². The third-order valence-corrected chi connectivity index (χ3v) is 4.57. The first kappa shape index (κ1) is 19.0. The summed E-state index contributed by atoms with van der Waals surface area (Å²) in [6.45, 7) is 2.11. The maximum absolute atomic E-state index is 13.6. The van der Waals surface area contributed by atoms with Crippen LogP contribution in [-0.2, 0) is 20.7 Å². The number of carbonyl (C=O) groups is 2. The molecule has 2 atom stereocenters. The summed E-state index contributed by atoms with van der Waals surface area (Å²) in [4.78, 5) is 23.4. The van der Waals surface area contributed by atoms with Crippen LogP contribution in [0, 0.1) is 5.82 Å². The Morgan fingerprint density at radius 2 is 1.89 bits per heavy atom. The normalized spacial score (nSPS) is 19.3. The number of hydrogen-bond acceptors (Lipinski definition) is 3. The number of amides is 2. The van der Waals surface area contributed by atoms with E-state index >= 15 is 0 Å². The van der Waals surface area contributed by atoms with Gasteiger partial charge in [-0.2, -0.15) is 0 Å². The molecular weight excluding hydrogens is 347 g/mol. The second-order valence-corrected chi connectivity index (χ2v) is 6.72. The van der Waals surface area contributed by atoms with Gasteiger partial charge >= 0.3 is 0 Å². The van der Waals surface area contributed by atoms with Crippen LogP contribution in [0.2, 0.25) is 0 Å². The molecule has 0 unspecified atom stereocenters. The highest BCUT2D eigenvalue weighted by atomic mass is 19.1. The van der Waals surface area contributed by atoms with Crippen LogP contribution in [0.5, 0.6) is 0 Å². The Labute approximate surface area is 157 Å². The summed E-state index contributed by atoms with van der Waals surface area (Å²) >= 11 is 0. The number of anilines is 1. The van der Waals surface area contributed by atoms with Crippen molar-refractivity contribution in [3.63, 3.8) is 0 Å². The van der Waals surface area contributed by atoms with Crippen LogP contribution in [-0.4, -0.2) is 24.5 Å². The summed E-state index contributed by atoms with van der Waals surface area (Å²) in [7, 11) is 0. The Morgan fingerprint density at radius 1 is 1.15 bits per heavy atom. The fourth-order valence-corrected chi connectivity index (χ4v) is 3.25. The first-order chi connectivity index (χ1) is 13.0. The van der Waals surface area contributed by atoms with E-state index in [4.69, 9.17) is 4.74 Å². The second kappa shape index (κ2) is 8.77. The quantitative estimate of drug-likeness (QED) is 0.848. The fourth-order valence-electron chi connectivity index (χ4n) is 3.25. The van der Waals surface area contributed by atoms with Crippen LogP contribution in [0.3, 0.4) is 0 Å². The molecule has 1 aliphatic heterocycles. The number of hydrogen-bond donors (Lipinski definition) is 2. The predicted molar refractivity (Wildman–Crippen MR) is 101 cm³/mol. The first-order valence-electron chi connectivity index (χ1n) is 9.03. The highest BCUT2D eigenvalue weighted by Crippen LogP contribution is 2.29. The first-order valence-corrected chi connectivity index (χ1v) is 9.03. The van der Waals surface area contributed by atoms with Crippen molar-refractivity contribution >= 4 is 17.5 Å². The molecule has 142 valence electrons. The van der Waals surface area contributed by atoms with Gasteiger partial charge < -0.3 is 15.4 Å². The Balaban J connectivity index is 1.57. The molecule has 2 amide bonds. The molecular formula is C21H23FN2O3. The molecule has 2 N–H and O–H groups in total. The van der Waals surface area contributed by atoms with Crippen molar-refractivity contribution in [3.8, 4) is 0 Å². The number of benzene rings is 2. The van der Waals surface area contributed by atoms with E-state index in [0.717, 1.165) is 18.4 Å². The van der Waals surface area contributed by atoms with Crippen LogP contribution >= 0.6 is 0 Å². The van der Waals surface area contributed by atoms with Gasteiger partial charge in [-0.1, -0.05) is 30.3 Å². The van der Waals surface area contributed by atoms with E-state index in [1.807, 2.05) is 12.1 Å². The van der Waals surface area contributed by atoms with E-state index in [-0.39, 0.29) is 36.2 Å². The molecule has 1 fully saturated rings.